The standard InChI is InChI=1S/C14H26N2O/c1-11-10-12(8-9-15-11)14(17)16(2)13-6-4-3-5-7-13/h11-13,15H,3-10H2,1-2H3. The number of amides is 1. The molecule has 2 fully saturated rings. The fourth-order valence-corrected chi connectivity index (χ4v) is 3.29. The molecule has 1 aliphatic carbocycles. The average molecular weight is 238 g/mol. The van der Waals surface area contributed by atoms with Gasteiger partial charge in [0.25, 0.3) is 0 Å². The van der Waals surface area contributed by atoms with E-state index in [1.807, 2.05) is 7.05 Å². The molecule has 0 aromatic rings. The molecule has 3 nitrogen and oxygen atoms in total. The number of carbonyl (C=O) groups excluding carboxylic acids is 1. The van der Waals surface area contributed by atoms with Crippen molar-refractivity contribution in [3.05, 3.63) is 0 Å². The van der Waals surface area contributed by atoms with Crippen molar-refractivity contribution in [2.75, 3.05) is 13.6 Å². The Bertz CT molecular complexity index is 261. The van der Waals surface area contributed by atoms with Crippen molar-refractivity contribution in [2.24, 2.45) is 5.92 Å². The Morgan fingerprint density at radius 1 is 1.18 bits per heavy atom. The molecule has 0 radical (unpaired) electrons. The summed E-state index contributed by atoms with van der Waals surface area (Å²) in [5.74, 6) is 0.656. The minimum Gasteiger partial charge on any atom is -0.343 e. The highest BCUT2D eigenvalue weighted by Crippen LogP contribution is 2.25. The topological polar surface area (TPSA) is 32.3 Å². The number of piperidine rings is 1. The summed E-state index contributed by atoms with van der Waals surface area (Å²) in [4.78, 5) is 14.5. The third-order valence-corrected chi connectivity index (χ3v) is 4.44. The van der Waals surface area contributed by atoms with Gasteiger partial charge in [-0.3, -0.25) is 4.79 Å². The zero-order chi connectivity index (χ0) is 12.3. The molecule has 1 N–H and O–H groups in total. The van der Waals surface area contributed by atoms with E-state index >= 15 is 0 Å². The van der Waals surface area contributed by atoms with Crippen molar-refractivity contribution in [3.63, 3.8) is 0 Å². The summed E-state index contributed by atoms with van der Waals surface area (Å²) in [5.41, 5.74) is 0. The summed E-state index contributed by atoms with van der Waals surface area (Å²) in [5, 5.41) is 3.41. The maximum atomic E-state index is 12.4. The molecule has 0 bridgehead atoms. The van der Waals surface area contributed by atoms with Crippen molar-refractivity contribution in [1.82, 2.24) is 10.2 Å². The SMILES string of the molecule is CC1CC(C(=O)N(C)C2CCCCC2)CCN1. The van der Waals surface area contributed by atoms with Gasteiger partial charge in [0.15, 0.2) is 0 Å². The zero-order valence-electron chi connectivity index (χ0n) is 11.2. The van der Waals surface area contributed by atoms with Gasteiger partial charge in [0.05, 0.1) is 0 Å². The summed E-state index contributed by atoms with van der Waals surface area (Å²) < 4.78 is 0. The van der Waals surface area contributed by atoms with E-state index in [-0.39, 0.29) is 5.92 Å². The van der Waals surface area contributed by atoms with E-state index in [1.165, 1.54) is 32.1 Å². The van der Waals surface area contributed by atoms with E-state index in [2.05, 4.69) is 17.1 Å². The van der Waals surface area contributed by atoms with Gasteiger partial charge in [0.1, 0.15) is 0 Å². The lowest BCUT2D eigenvalue weighted by atomic mass is 9.89. The van der Waals surface area contributed by atoms with E-state index < -0.39 is 0 Å². The van der Waals surface area contributed by atoms with Gasteiger partial charge in [0.2, 0.25) is 5.91 Å². The minimum atomic E-state index is 0.262. The first kappa shape index (κ1) is 12.9. The fraction of sp³-hybridized carbons (Fsp3) is 0.929. The van der Waals surface area contributed by atoms with Crippen LogP contribution < -0.4 is 5.32 Å². The highest BCUT2D eigenvalue weighted by Gasteiger charge is 2.30. The molecule has 1 saturated carbocycles. The van der Waals surface area contributed by atoms with Crippen LogP contribution in [0.3, 0.4) is 0 Å². The molecule has 1 saturated heterocycles. The van der Waals surface area contributed by atoms with Crippen LogP contribution >= 0.6 is 0 Å². The Balaban J connectivity index is 1.89. The predicted molar refractivity (Wildman–Crippen MR) is 69.8 cm³/mol. The average Bonchev–Trinajstić information content (AvgIpc) is 2.38. The number of rotatable bonds is 2. The second kappa shape index (κ2) is 5.85. The Hall–Kier alpha value is -0.570. The molecule has 17 heavy (non-hydrogen) atoms. The summed E-state index contributed by atoms with van der Waals surface area (Å²) >= 11 is 0. The Labute approximate surface area is 105 Å². The van der Waals surface area contributed by atoms with Crippen molar-refractivity contribution < 1.29 is 4.79 Å². The largest absolute Gasteiger partial charge is 0.343 e. The highest BCUT2D eigenvalue weighted by atomic mass is 16.2. The van der Waals surface area contributed by atoms with Crippen LogP contribution in [0.2, 0.25) is 0 Å². The lowest BCUT2D eigenvalue weighted by molar-refractivity contribution is -0.138. The van der Waals surface area contributed by atoms with Crippen LogP contribution in [-0.2, 0) is 4.79 Å². The second-order valence-electron chi connectivity index (χ2n) is 5.82. The molecule has 1 amide bonds. The van der Waals surface area contributed by atoms with Gasteiger partial charge in [0, 0.05) is 25.0 Å². The van der Waals surface area contributed by atoms with Crippen LogP contribution in [0.15, 0.2) is 0 Å². The zero-order valence-corrected chi connectivity index (χ0v) is 11.2. The molecule has 0 aromatic heterocycles. The van der Waals surface area contributed by atoms with Crippen LogP contribution in [-0.4, -0.2) is 36.5 Å². The van der Waals surface area contributed by atoms with Crippen molar-refractivity contribution in [3.8, 4) is 0 Å². The lowest BCUT2D eigenvalue weighted by Crippen LogP contribution is -2.46. The molecule has 3 heteroatoms. The normalized spacial score (nSPS) is 31.2. The van der Waals surface area contributed by atoms with Gasteiger partial charge in [-0.25, -0.2) is 0 Å². The van der Waals surface area contributed by atoms with E-state index in [1.54, 1.807) is 0 Å². The van der Waals surface area contributed by atoms with Crippen molar-refractivity contribution >= 4 is 5.91 Å². The molecule has 0 spiro atoms. The van der Waals surface area contributed by atoms with E-state index in [4.69, 9.17) is 0 Å². The summed E-state index contributed by atoms with van der Waals surface area (Å²) in [6.45, 7) is 3.18. The van der Waals surface area contributed by atoms with Crippen LogP contribution in [0.4, 0.5) is 0 Å². The van der Waals surface area contributed by atoms with E-state index in [0.717, 1.165) is 19.4 Å². The summed E-state index contributed by atoms with van der Waals surface area (Å²) in [7, 11) is 2.02. The molecule has 2 atom stereocenters. The Morgan fingerprint density at radius 3 is 2.53 bits per heavy atom. The molecule has 1 aliphatic heterocycles. The Morgan fingerprint density at radius 2 is 1.88 bits per heavy atom. The van der Waals surface area contributed by atoms with Gasteiger partial charge in [-0.1, -0.05) is 19.3 Å². The number of hydrogen-bond acceptors (Lipinski definition) is 2. The minimum absolute atomic E-state index is 0.262. The number of hydrogen-bond donors (Lipinski definition) is 1. The summed E-state index contributed by atoms with van der Waals surface area (Å²) in [6, 6.07) is 1.01. The number of nitrogens with zero attached hydrogens (tertiary/aromatic N) is 1. The predicted octanol–water partition coefficient (Wildman–Crippen LogP) is 2.17. The third kappa shape index (κ3) is 3.21. The Kier molecular flexibility index (Phi) is 4.43. The third-order valence-electron chi connectivity index (χ3n) is 4.44. The molecule has 2 aliphatic rings. The van der Waals surface area contributed by atoms with E-state index in [9.17, 15) is 4.79 Å². The van der Waals surface area contributed by atoms with Crippen LogP contribution in [0, 0.1) is 5.92 Å². The first-order valence-corrected chi connectivity index (χ1v) is 7.18. The van der Waals surface area contributed by atoms with Gasteiger partial charge < -0.3 is 10.2 Å². The molecule has 98 valence electrons. The molecular weight excluding hydrogens is 212 g/mol. The van der Waals surface area contributed by atoms with Gasteiger partial charge in [-0.2, -0.15) is 0 Å². The maximum absolute atomic E-state index is 12.4. The molecule has 1 heterocycles. The molecule has 0 aromatic carbocycles. The number of carbonyl (C=O) groups is 1. The smallest absolute Gasteiger partial charge is 0.225 e. The van der Waals surface area contributed by atoms with Gasteiger partial charge in [-0.05, 0) is 39.2 Å². The first-order valence-electron chi connectivity index (χ1n) is 7.18. The fourth-order valence-electron chi connectivity index (χ4n) is 3.29. The monoisotopic (exact) mass is 238 g/mol. The van der Waals surface area contributed by atoms with Crippen LogP contribution in [0.5, 0.6) is 0 Å². The molecular formula is C14H26N2O. The van der Waals surface area contributed by atoms with Crippen LogP contribution in [0.1, 0.15) is 51.9 Å². The summed E-state index contributed by atoms with van der Waals surface area (Å²) in [6.07, 6.45) is 8.39. The lowest BCUT2D eigenvalue weighted by Gasteiger charge is -2.36. The first-order chi connectivity index (χ1) is 8.18. The second-order valence-corrected chi connectivity index (χ2v) is 5.82. The van der Waals surface area contributed by atoms with Crippen molar-refractivity contribution in [2.45, 2.75) is 64.0 Å². The van der Waals surface area contributed by atoms with Crippen LogP contribution in [0.25, 0.3) is 0 Å². The quantitative estimate of drug-likeness (QED) is 0.799. The molecule has 2 unspecified atom stereocenters. The highest BCUT2D eigenvalue weighted by molar-refractivity contribution is 5.79. The van der Waals surface area contributed by atoms with Gasteiger partial charge >= 0.3 is 0 Å². The molecule has 2 rings (SSSR count). The van der Waals surface area contributed by atoms with Crippen molar-refractivity contribution in [1.29, 1.82) is 0 Å². The maximum Gasteiger partial charge on any atom is 0.225 e. The number of nitrogens with one attached hydrogen (secondary N) is 1. The van der Waals surface area contributed by atoms with E-state index in [0.29, 0.717) is 18.0 Å². The van der Waals surface area contributed by atoms with Gasteiger partial charge in [-0.15, -0.1) is 0 Å².